The van der Waals surface area contributed by atoms with Crippen molar-refractivity contribution in [1.29, 1.82) is 0 Å². The lowest BCUT2D eigenvalue weighted by atomic mass is 9.65. The van der Waals surface area contributed by atoms with E-state index in [0.717, 1.165) is 41.2 Å². The summed E-state index contributed by atoms with van der Waals surface area (Å²) in [5.74, 6) is 1.50. The quantitative estimate of drug-likeness (QED) is 0.159. The topological polar surface area (TPSA) is 19.6 Å². The molecule has 3 nitrogen and oxygen atoms in total. The van der Waals surface area contributed by atoms with Crippen LogP contribution in [0.2, 0.25) is 0 Å². The van der Waals surface area contributed by atoms with Crippen molar-refractivity contribution in [2.24, 2.45) is 5.92 Å². The van der Waals surface area contributed by atoms with Crippen molar-refractivity contribution in [3.05, 3.63) is 246 Å². The Morgan fingerprint density at radius 1 is 0.603 bits per heavy atom. The zero-order valence-electron chi connectivity index (χ0n) is 34.7. The van der Waals surface area contributed by atoms with Gasteiger partial charge in [-0.2, -0.15) is 0 Å². The molecule has 7 aromatic carbocycles. The van der Waals surface area contributed by atoms with Gasteiger partial charge in [0.25, 0.3) is 0 Å². The number of thioether (sulfide) groups is 1. The van der Waals surface area contributed by atoms with E-state index in [1.165, 1.54) is 61.3 Å². The predicted molar refractivity (Wildman–Crippen MR) is 263 cm³/mol. The van der Waals surface area contributed by atoms with Gasteiger partial charge in [-0.3, -0.25) is 0 Å². The fraction of sp³-hybridized carbons (Fsp3) is 0.119. The Morgan fingerprint density at radius 2 is 1.29 bits per heavy atom. The SMILES string of the molecule is C1=CCCC(C2(c3ccccc3)c3ccccc3-c3cc(N(c4ccc(-c5ccccc5)cc4)c4ccc(N5c6c(oc7ccccc67)C6SC7C=CC=CC7C65)cc4)ccc32)=C1. The number of furan rings is 1. The maximum Gasteiger partial charge on any atom is 0.144 e. The lowest BCUT2D eigenvalue weighted by molar-refractivity contribution is 0.498. The summed E-state index contributed by atoms with van der Waals surface area (Å²) < 4.78 is 6.72. The summed E-state index contributed by atoms with van der Waals surface area (Å²) >= 11 is 2.05. The second-order valence-electron chi connectivity index (χ2n) is 17.4. The van der Waals surface area contributed by atoms with E-state index in [-0.39, 0.29) is 16.7 Å². The lowest BCUT2D eigenvalue weighted by Gasteiger charge is -2.37. The number of allylic oxidation sites excluding steroid dienone is 6. The first-order valence-electron chi connectivity index (χ1n) is 22.3. The molecule has 0 spiro atoms. The third-order valence-corrected chi connectivity index (χ3v) is 15.7. The van der Waals surface area contributed by atoms with Crippen LogP contribution in [-0.2, 0) is 5.41 Å². The summed E-state index contributed by atoms with van der Waals surface area (Å²) in [6.07, 6.45) is 18.2. The molecule has 1 aromatic heterocycles. The van der Waals surface area contributed by atoms with Crippen LogP contribution >= 0.6 is 11.8 Å². The highest BCUT2D eigenvalue weighted by Gasteiger charge is 2.54. The molecule has 8 aromatic rings. The van der Waals surface area contributed by atoms with Gasteiger partial charge in [0.2, 0.25) is 0 Å². The van der Waals surface area contributed by atoms with E-state index in [2.05, 4.69) is 228 Å². The van der Waals surface area contributed by atoms with Gasteiger partial charge < -0.3 is 14.2 Å². The summed E-state index contributed by atoms with van der Waals surface area (Å²) in [6.45, 7) is 0. The van der Waals surface area contributed by atoms with Gasteiger partial charge in [0.1, 0.15) is 11.3 Å². The van der Waals surface area contributed by atoms with Crippen LogP contribution in [0.15, 0.2) is 228 Å². The fourth-order valence-electron chi connectivity index (χ4n) is 11.5. The molecule has 0 radical (unpaired) electrons. The lowest BCUT2D eigenvalue weighted by Crippen LogP contribution is -2.35. The highest BCUT2D eigenvalue weighted by molar-refractivity contribution is 8.00. The van der Waals surface area contributed by atoms with Gasteiger partial charge in [0.15, 0.2) is 0 Å². The molecule has 3 aliphatic carbocycles. The van der Waals surface area contributed by atoms with Gasteiger partial charge in [-0.15, -0.1) is 11.8 Å². The van der Waals surface area contributed by atoms with Crippen molar-refractivity contribution in [2.75, 3.05) is 9.80 Å². The summed E-state index contributed by atoms with van der Waals surface area (Å²) in [5, 5.41) is 1.87. The van der Waals surface area contributed by atoms with E-state index in [1.807, 2.05) is 11.8 Å². The molecule has 5 atom stereocenters. The Kier molecular flexibility index (Phi) is 8.45. The van der Waals surface area contributed by atoms with Crippen LogP contribution in [0.1, 0.15) is 40.5 Å². The van der Waals surface area contributed by atoms with Crippen LogP contribution in [0.3, 0.4) is 0 Å². The molecule has 4 heteroatoms. The molecule has 1 saturated heterocycles. The van der Waals surface area contributed by atoms with Gasteiger partial charge in [0.05, 0.1) is 22.4 Å². The first kappa shape index (κ1) is 36.6. The molecule has 5 aliphatic rings. The maximum absolute atomic E-state index is 6.72. The summed E-state index contributed by atoms with van der Waals surface area (Å²) in [5.41, 5.74) is 16.8. The molecular weight excluding hydrogens is 785 g/mol. The minimum absolute atomic E-state index is 0.256. The molecule has 0 amide bonds. The smallest absolute Gasteiger partial charge is 0.144 e. The average molecular weight is 829 g/mol. The zero-order chi connectivity index (χ0) is 41.5. The monoisotopic (exact) mass is 828 g/mol. The van der Waals surface area contributed by atoms with Crippen LogP contribution in [0, 0.1) is 5.92 Å². The fourth-order valence-corrected chi connectivity index (χ4v) is 13.2. The number of hydrogen-bond donors (Lipinski definition) is 0. The van der Waals surface area contributed by atoms with Crippen molar-refractivity contribution < 1.29 is 4.42 Å². The third kappa shape index (κ3) is 5.54. The second-order valence-corrected chi connectivity index (χ2v) is 18.7. The molecule has 0 bridgehead atoms. The zero-order valence-corrected chi connectivity index (χ0v) is 35.5. The largest absolute Gasteiger partial charge is 0.458 e. The summed E-state index contributed by atoms with van der Waals surface area (Å²) in [7, 11) is 0. The Hall–Kier alpha value is -7.01. The molecular formula is C59H44N2OS. The molecule has 1 fully saturated rings. The van der Waals surface area contributed by atoms with Gasteiger partial charge in [-0.1, -0.05) is 163 Å². The van der Waals surface area contributed by atoms with E-state index in [9.17, 15) is 0 Å². The maximum atomic E-state index is 6.72. The second kappa shape index (κ2) is 14.5. The molecule has 0 saturated carbocycles. The molecule has 63 heavy (non-hydrogen) atoms. The number of hydrogen-bond acceptors (Lipinski definition) is 4. The first-order valence-corrected chi connectivity index (χ1v) is 23.2. The Bertz CT molecular complexity index is 3180. The number of anilines is 5. The van der Waals surface area contributed by atoms with Crippen LogP contribution in [-0.4, -0.2) is 11.3 Å². The molecule has 0 N–H and O–H groups in total. The first-order chi connectivity index (χ1) is 31.3. The molecule has 13 rings (SSSR count). The van der Waals surface area contributed by atoms with E-state index >= 15 is 0 Å². The van der Waals surface area contributed by atoms with Crippen LogP contribution in [0.25, 0.3) is 33.2 Å². The summed E-state index contributed by atoms with van der Waals surface area (Å²) in [6, 6.07) is 65.4. The Morgan fingerprint density at radius 3 is 2.10 bits per heavy atom. The van der Waals surface area contributed by atoms with Crippen molar-refractivity contribution in [1.82, 2.24) is 0 Å². The van der Waals surface area contributed by atoms with E-state index < -0.39 is 0 Å². The van der Waals surface area contributed by atoms with Crippen molar-refractivity contribution in [2.45, 2.75) is 34.8 Å². The molecule has 2 aliphatic heterocycles. The number of benzene rings is 7. The average Bonchev–Trinajstić information content (AvgIpc) is 4.09. The van der Waals surface area contributed by atoms with E-state index in [4.69, 9.17) is 4.42 Å². The molecule has 3 heterocycles. The minimum Gasteiger partial charge on any atom is -0.458 e. The predicted octanol–water partition coefficient (Wildman–Crippen LogP) is 15.6. The van der Waals surface area contributed by atoms with Crippen LogP contribution in [0.4, 0.5) is 28.4 Å². The van der Waals surface area contributed by atoms with Crippen molar-refractivity contribution in [3.8, 4) is 22.3 Å². The van der Waals surface area contributed by atoms with Crippen LogP contribution in [0.5, 0.6) is 0 Å². The highest BCUT2D eigenvalue weighted by atomic mass is 32.2. The summed E-state index contributed by atoms with van der Waals surface area (Å²) in [4.78, 5) is 5.04. The normalized spacial score (nSPS) is 22.3. The third-order valence-electron chi connectivity index (χ3n) is 14.1. The van der Waals surface area contributed by atoms with Crippen molar-refractivity contribution >= 4 is 51.2 Å². The Balaban J connectivity index is 0.965. The Labute approximate surface area is 373 Å². The highest BCUT2D eigenvalue weighted by Crippen LogP contribution is 2.63. The number of fused-ring (bicyclic) bond motifs is 10. The number of rotatable bonds is 7. The van der Waals surface area contributed by atoms with Crippen molar-refractivity contribution in [3.63, 3.8) is 0 Å². The van der Waals surface area contributed by atoms with Gasteiger partial charge in [-0.25, -0.2) is 0 Å². The van der Waals surface area contributed by atoms with Gasteiger partial charge in [-0.05, 0) is 112 Å². The van der Waals surface area contributed by atoms with E-state index in [1.54, 1.807) is 0 Å². The van der Waals surface area contributed by atoms with Crippen LogP contribution < -0.4 is 9.80 Å². The molecule has 5 unspecified atom stereocenters. The number of nitrogens with zero attached hydrogens (tertiary/aromatic N) is 2. The number of para-hydroxylation sites is 1. The van der Waals surface area contributed by atoms with Gasteiger partial charge in [0, 0.05) is 39.3 Å². The van der Waals surface area contributed by atoms with Gasteiger partial charge >= 0.3 is 0 Å². The molecule has 302 valence electrons. The minimum atomic E-state index is -0.370. The standard InChI is InChI=1S/C59H44N2OS/c1-4-16-39(17-5-1)40-28-30-43(31-29-40)60(46-36-37-52-50(38-46)47-22-10-13-25-51(47)59(52,41-18-6-2-7-19-41)42-20-8-3-9-21-42)44-32-34-45(35-33-44)61-55-48-23-11-14-26-53(48)62-57(55)58-56(61)49-24-12-15-27-54(49)63-58/h1-8,10-20,22-38,49,54,56,58H,9,21H2. The van der Waals surface area contributed by atoms with E-state index in [0.29, 0.717) is 11.2 Å².